The molecule has 3 aromatic rings. The number of piperazine rings is 1. The Morgan fingerprint density at radius 1 is 1.17 bits per heavy atom. The Bertz CT molecular complexity index is 1610. The second-order valence-corrected chi connectivity index (χ2v) is 12.5. The average Bonchev–Trinajstić information content (AvgIpc) is 3.62. The number of fused-ring (bicyclic) bond motifs is 6. The van der Waals surface area contributed by atoms with Crippen molar-refractivity contribution in [1.82, 2.24) is 20.3 Å². The van der Waals surface area contributed by atoms with Crippen molar-refractivity contribution in [3.05, 3.63) is 28.5 Å². The van der Waals surface area contributed by atoms with Crippen molar-refractivity contribution in [2.45, 2.75) is 62.5 Å². The van der Waals surface area contributed by atoms with Crippen LogP contribution in [0.2, 0.25) is 5.02 Å². The second-order valence-electron chi connectivity index (χ2n) is 12.1. The van der Waals surface area contributed by atoms with Gasteiger partial charge in [0.05, 0.1) is 36.5 Å². The number of aromatic nitrogens is 3. The maximum atomic E-state index is 16.6. The first-order valence-electron chi connectivity index (χ1n) is 14.1. The van der Waals surface area contributed by atoms with Crippen LogP contribution in [-0.4, -0.2) is 65.5 Å². The first kappa shape index (κ1) is 26.5. The molecule has 4 saturated heterocycles. The van der Waals surface area contributed by atoms with Crippen molar-refractivity contribution in [2.24, 2.45) is 5.41 Å². The van der Waals surface area contributed by atoms with Gasteiger partial charge in [0.15, 0.2) is 5.82 Å². The normalized spacial score (nSPS) is 29.5. The maximum absolute atomic E-state index is 16.6. The van der Waals surface area contributed by atoms with Crippen LogP contribution < -0.4 is 25.4 Å². The molecule has 1 saturated carbocycles. The number of nitrogen functional groups attached to an aromatic ring is 1. The van der Waals surface area contributed by atoms with Gasteiger partial charge in [-0.1, -0.05) is 11.6 Å². The fourth-order valence-electron chi connectivity index (χ4n) is 7.34. The van der Waals surface area contributed by atoms with Gasteiger partial charge in [-0.3, -0.25) is 0 Å². The van der Waals surface area contributed by atoms with Crippen LogP contribution in [0.3, 0.4) is 0 Å². The Balaban J connectivity index is 1.33. The third-order valence-corrected chi connectivity index (χ3v) is 9.60. The highest BCUT2D eigenvalue weighted by atomic mass is 35.5. The molecule has 42 heavy (non-hydrogen) atoms. The second kappa shape index (κ2) is 9.17. The van der Waals surface area contributed by atoms with Crippen LogP contribution in [0, 0.1) is 11.2 Å². The molecule has 5 aliphatic heterocycles. The topological polar surface area (TPSA) is 108 Å². The molecule has 4 bridgehead atoms. The maximum Gasteiger partial charge on any atom is 0.418 e. The Hall–Kier alpha value is -3.16. The van der Waals surface area contributed by atoms with Crippen molar-refractivity contribution in [1.29, 1.82) is 0 Å². The smallest absolute Gasteiger partial charge is 0.418 e. The van der Waals surface area contributed by atoms with Crippen molar-refractivity contribution in [2.75, 3.05) is 37.0 Å². The third-order valence-electron chi connectivity index (χ3n) is 9.30. The van der Waals surface area contributed by atoms with Crippen LogP contribution in [0.15, 0.2) is 12.1 Å². The van der Waals surface area contributed by atoms with E-state index in [1.54, 1.807) is 0 Å². The number of benzene rings is 1. The van der Waals surface area contributed by atoms with Crippen molar-refractivity contribution in [3.63, 3.8) is 0 Å². The number of alkyl halides is 3. The van der Waals surface area contributed by atoms with Crippen LogP contribution in [0.1, 0.15) is 37.7 Å². The van der Waals surface area contributed by atoms with Gasteiger partial charge in [-0.05, 0) is 37.8 Å². The first-order chi connectivity index (χ1) is 20.1. The van der Waals surface area contributed by atoms with E-state index >= 15 is 4.39 Å². The lowest BCUT2D eigenvalue weighted by Crippen LogP contribution is -2.59. The quantitative estimate of drug-likeness (QED) is 0.322. The molecule has 1 aromatic carbocycles. The molecule has 0 amide bonds. The summed E-state index contributed by atoms with van der Waals surface area (Å²) in [5.41, 5.74) is 2.96. The highest BCUT2D eigenvalue weighted by Gasteiger charge is 2.52. The molecular weight excluding hydrogens is 580 g/mol. The molecule has 0 spiro atoms. The molecule has 1 aliphatic carbocycles. The van der Waals surface area contributed by atoms with Crippen molar-refractivity contribution in [3.8, 4) is 23.1 Å². The SMILES string of the molecule is Nc1cc(Cl)c(C(F)(F)F)c(-c2nc3c4c(nc(OCC56COC(C5)C6)nc4c2F)N2C[C@H]4CC[C@H](N4)C2CCO3)c1. The first-order valence-corrected chi connectivity index (χ1v) is 14.4. The third kappa shape index (κ3) is 4.07. The van der Waals surface area contributed by atoms with Gasteiger partial charge in [-0.2, -0.15) is 23.1 Å². The predicted molar refractivity (Wildman–Crippen MR) is 145 cm³/mol. The monoisotopic (exact) mass is 606 g/mol. The van der Waals surface area contributed by atoms with Crippen LogP contribution in [-0.2, 0) is 10.9 Å². The van der Waals surface area contributed by atoms with Gasteiger partial charge in [-0.25, -0.2) is 9.37 Å². The molecule has 1 unspecified atom stereocenters. The van der Waals surface area contributed by atoms with E-state index < -0.39 is 33.8 Å². The Labute approximate surface area is 242 Å². The van der Waals surface area contributed by atoms with Crippen molar-refractivity contribution >= 4 is 34.0 Å². The number of nitrogens with zero attached hydrogens (tertiary/aromatic N) is 4. The van der Waals surface area contributed by atoms with E-state index in [-0.39, 0.29) is 71.3 Å². The number of hydrogen-bond donors (Lipinski definition) is 2. The van der Waals surface area contributed by atoms with E-state index in [0.29, 0.717) is 25.4 Å². The molecular formula is C28H27ClF4N6O3. The van der Waals surface area contributed by atoms with E-state index in [4.69, 9.17) is 36.5 Å². The summed E-state index contributed by atoms with van der Waals surface area (Å²) in [6.07, 6.45) is -0.343. The number of ether oxygens (including phenoxy) is 3. The summed E-state index contributed by atoms with van der Waals surface area (Å²) in [5.74, 6) is -0.720. The van der Waals surface area contributed by atoms with Crippen LogP contribution in [0.25, 0.3) is 22.2 Å². The lowest BCUT2D eigenvalue weighted by molar-refractivity contribution is -0.137. The number of halogens is 5. The van der Waals surface area contributed by atoms with Gasteiger partial charge in [0, 0.05) is 47.8 Å². The molecule has 9 nitrogen and oxygen atoms in total. The largest absolute Gasteiger partial charge is 0.477 e. The van der Waals surface area contributed by atoms with E-state index in [0.717, 1.165) is 37.8 Å². The van der Waals surface area contributed by atoms with Crippen LogP contribution >= 0.6 is 11.6 Å². The number of nitrogens with two attached hydrogens (primary N) is 1. The highest BCUT2D eigenvalue weighted by Crippen LogP contribution is 2.51. The molecule has 9 rings (SSSR count). The molecule has 7 heterocycles. The van der Waals surface area contributed by atoms with Crippen molar-refractivity contribution < 1.29 is 31.8 Å². The highest BCUT2D eigenvalue weighted by molar-refractivity contribution is 6.32. The van der Waals surface area contributed by atoms with Gasteiger partial charge in [-0.15, -0.1) is 0 Å². The number of nitrogens with one attached hydrogen (secondary N) is 1. The molecule has 6 aliphatic rings. The number of hydrogen-bond acceptors (Lipinski definition) is 9. The van der Waals surface area contributed by atoms with Crippen LogP contribution in [0.5, 0.6) is 11.9 Å². The molecule has 3 N–H and O–H groups in total. The molecule has 2 aromatic heterocycles. The minimum absolute atomic E-state index is 0.0179. The van der Waals surface area contributed by atoms with Gasteiger partial charge in [0.25, 0.3) is 0 Å². The fourth-order valence-corrected chi connectivity index (χ4v) is 7.67. The van der Waals surface area contributed by atoms with Gasteiger partial charge < -0.3 is 30.2 Å². The summed E-state index contributed by atoms with van der Waals surface area (Å²) in [7, 11) is 0. The zero-order chi connectivity index (χ0) is 29.0. The summed E-state index contributed by atoms with van der Waals surface area (Å²) in [6, 6.07) is 2.38. The van der Waals surface area contributed by atoms with E-state index in [2.05, 4.69) is 20.2 Å². The zero-order valence-corrected chi connectivity index (χ0v) is 23.1. The average molecular weight is 607 g/mol. The minimum atomic E-state index is -4.91. The summed E-state index contributed by atoms with van der Waals surface area (Å²) in [6.45, 7) is 1.70. The fraction of sp³-hybridized carbons (Fsp3) is 0.536. The summed E-state index contributed by atoms with van der Waals surface area (Å²) in [5, 5.41) is 3.18. The molecule has 222 valence electrons. The predicted octanol–water partition coefficient (Wildman–Crippen LogP) is 4.73. The van der Waals surface area contributed by atoms with E-state index in [9.17, 15) is 13.2 Å². The zero-order valence-electron chi connectivity index (χ0n) is 22.3. The standard InChI is InChI=1S/C28H27ClF4N6O3/c29-16-6-12(34)5-15(20(16)28(31,32)33)22-21(30)23-19-24(38-26(37-23)42-11-27-7-14(8-27)41-10-27)39-9-13-1-2-17(35-13)18(39)3-4-40-25(19)36-22/h5-6,13-14,17-18,35H,1-4,7-11,34H2/t13-,14?,17+,18?,27?/m1/s1. The lowest BCUT2D eigenvalue weighted by atomic mass is 9.71. The van der Waals surface area contributed by atoms with Gasteiger partial charge in [0.1, 0.15) is 22.4 Å². The molecule has 5 fully saturated rings. The van der Waals surface area contributed by atoms with Gasteiger partial charge in [0.2, 0.25) is 5.88 Å². The molecule has 14 heteroatoms. The Kier molecular flexibility index (Phi) is 5.78. The molecule has 0 radical (unpaired) electrons. The summed E-state index contributed by atoms with van der Waals surface area (Å²) >= 11 is 6.00. The Morgan fingerprint density at radius 2 is 2.00 bits per heavy atom. The number of rotatable bonds is 4. The summed E-state index contributed by atoms with van der Waals surface area (Å²) < 4.78 is 77.0. The van der Waals surface area contributed by atoms with E-state index in [1.165, 1.54) is 0 Å². The van der Waals surface area contributed by atoms with Crippen LogP contribution in [0.4, 0.5) is 29.1 Å². The van der Waals surface area contributed by atoms with Gasteiger partial charge >= 0.3 is 12.2 Å². The minimum Gasteiger partial charge on any atom is -0.477 e. The number of anilines is 2. The number of pyridine rings is 1. The molecule has 3 atom stereocenters. The summed E-state index contributed by atoms with van der Waals surface area (Å²) in [4.78, 5) is 15.6. The Morgan fingerprint density at radius 3 is 2.76 bits per heavy atom. The van der Waals surface area contributed by atoms with E-state index in [1.807, 2.05) is 0 Å². The lowest BCUT2D eigenvalue weighted by Gasteiger charge is -2.43.